The first-order valence-corrected chi connectivity index (χ1v) is 10.8. The zero-order valence-electron chi connectivity index (χ0n) is 15.8. The lowest BCUT2D eigenvalue weighted by Gasteiger charge is -2.43. The van der Waals surface area contributed by atoms with Crippen molar-refractivity contribution in [1.29, 1.82) is 0 Å². The van der Waals surface area contributed by atoms with Gasteiger partial charge in [-0.1, -0.05) is 67.1 Å². The van der Waals surface area contributed by atoms with E-state index in [1.165, 1.54) is 49.7 Å². The summed E-state index contributed by atoms with van der Waals surface area (Å²) in [7, 11) is 0. The van der Waals surface area contributed by atoms with Crippen molar-refractivity contribution in [2.75, 3.05) is 12.4 Å². The molecular formula is C24H32OS. The van der Waals surface area contributed by atoms with E-state index in [2.05, 4.69) is 73.3 Å². The average molecular weight is 369 g/mol. The third kappa shape index (κ3) is 5.37. The molecule has 1 atom stereocenters. The topological polar surface area (TPSA) is 9.23 Å². The van der Waals surface area contributed by atoms with Gasteiger partial charge in [-0.25, -0.2) is 0 Å². The van der Waals surface area contributed by atoms with Crippen LogP contribution in [0.25, 0.3) is 0 Å². The maximum Gasteiger partial charge on any atom is 0.0637 e. The zero-order chi connectivity index (χ0) is 18.1. The first-order chi connectivity index (χ1) is 12.8. The highest BCUT2D eigenvalue weighted by molar-refractivity contribution is 7.80. The number of thiol groups is 1. The summed E-state index contributed by atoms with van der Waals surface area (Å²) in [5.74, 6) is 0.971. The minimum Gasteiger partial charge on any atom is -0.378 e. The van der Waals surface area contributed by atoms with Crippen molar-refractivity contribution < 1.29 is 4.74 Å². The van der Waals surface area contributed by atoms with E-state index in [0.29, 0.717) is 6.10 Å². The van der Waals surface area contributed by atoms with Gasteiger partial charge in [0.25, 0.3) is 0 Å². The summed E-state index contributed by atoms with van der Waals surface area (Å²) >= 11 is 4.44. The van der Waals surface area contributed by atoms with Crippen molar-refractivity contribution in [1.82, 2.24) is 0 Å². The average Bonchev–Trinajstić information content (AvgIpc) is 2.70. The number of hydrogen-bond donors (Lipinski definition) is 1. The lowest BCUT2D eigenvalue weighted by Crippen LogP contribution is -2.43. The quantitative estimate of drug-likeness (QED) is 0.414. The molecule has 0 bridgehead atoms. The van der Waals surface area contributed by atoms with Crippen LogP contribution in [0.3, 0.4) is 0 Å². The molecule has 1 aliphatic heterocycles. The number of ether oxygens (including phenoxy) is 1. The predicted octanol–water partition coefficient (Wildman–Crippen LogP) is 6.13. The fourth-order valence-electron chi connectivity index (χ4n) is 4.45. The normalized spacial score (nSPS) is 18.0. The Bertz CT molecular complexity index is 578. The van der Waals surface area contributed by atoms with Gasteiger partial charge < -0.3 is 4.74 Å². The summed E-state index contributed by atoms with van der Waals surface area (Å²) in [5, 5.41) is 0. The van der Waals surface area contributed by atoms with E-state index in [1.54, 1.807) is 0 Å². The molecule has 1 saturated heterocycles. The van der Waals surface area contributed by atoms with Gasteiger partial charge in [0, 0.05) is 12.0 Å². The molecule has 0 radical (unpaired) electrons. The second-order valence-electron chi connectivity index (χ2n) is 7.72. The fourth-order valence-corrected chi connectivity index (χ4v) is 4.67. The molecule has 0 aliphatic carbocycles. The number of unbranched alkanes of at least 4 members (excludes halogenated alkanes) is 1. The molecule has 0 aromatic heterocycles. The Morgan fingerprint density at radius 1 is 0.846 bits per heavy atom. The predicted molar refractivity (Wildman–Crippen MR) is 114 cm³/mol. The highest BCUT2D eigenvalue weighted by atomic mass is 32.1. The second kappa shape index (κ2) is 10.2. The Kier molecular flexibility index (Phi) is 7.64. The number of rotatable bonds is 9. The van der Waals surface area contributed by atoms with Crippen LogP contribution in [0.2, 0.25) is 0 Å². The van der Waals surface area contributed by atoms with Gasteiger partial charge in [0.15, 0.2) is 0 Å². The lowest BCUT2D eigenvalue weighted by atomic mass is 9.67. The van der Waals surface area contributed by atoms with Crippen LogP contribution < -0.4 is 0 Å². The molecule has 1 heterocycles. The molecule has 1 unspecified atom stereocenters. The van der Waals surface area contributed by atoms with Gasteiger partial charge >= 0.3 is 0 Å². The van der Waals surface area contributed by atoms with Gasteiger partial charge in [-0.3, -0.25) is 0 Å². The largest absolute Gasteiger partial charge is 0.378 e. The third-order valence-corrected chi connectivity index (χ3v) is 6.06. The summed E-state index contributed by atoms with van der Waals surface area (Å²) in [6, 6.07) is 22.0. The van der Waals surface area contributed by atoms with E-state index < -0.39 is 0 Å². The minimum atomic E-state index is 0.173. The van der Waals surface area contributed by atoms with Gasteiger partial charge in [0.2, 0.25) is 0 Å². The molecule has 26 heavy (non-hydrogen) atoms. The summed E-state index contributed by atoms with van der Waals surface area (Å²) in [5.41, 5.74) is 3.04. The van der Waals surface area contributed by atoms with E-state index in [-0.39, 0.29) is 5.41 Å². The maximum absolute atomic E-state index is 6.40. The van der Waals surface area contributed by atoms with Crippen molar-refractivity contribution in [3.63, 3.8) is 0 Å². The van der Waals surface area contributed by atoms with Crippen LogP contribution in [0.4, 0.5) is 0 Å². The highest BCUT2D eigenvalue weighted by Gasteiger charge is 2.40. The Balaban J connectivity index is 1.90. The molecule has 1 nitrogen and oxygen atoms in total. The Morgan fingerprint density at radius 2 is 1.46 bits per heavy atom. The fraction of sp³-hybridized carbons (Fsp3) is 0.500. The molecule has 2 heteroatoms. The summed E-state index contributed by atoms with van der Waals surface area (Å²) < 4.78 is 6.40. The van der Waals surface area contributed by atoms with E-state index >= 15 is 0 Å². The van der Waals surface area contributed by atoms with Crippen molar-refractivity contribution in [2.24, 2.45) is 5.41 Å². The lowest BCUT2D eigenvalue weighted by molar-refractivity contribution is -0.0739. The molecule has 0 saturated carbocycles. The third-order valence-electron chi connectivity index (χ3n) is 5.74. The molecule has 0 N–H and O–H groups in total. The molecule has 2 aromatic rings. The minimum absolute atomic E-state index is 0.173. The van der Waals surface area contributed by atoms with Crippen LogP contribution in [0, 0.1) is 5.41 Å². The van der Waals surface area contributed by atoms with Crippen LogP contribution in [0.15, 0.2) is 60.7 Å². The van der Waals surface area contributed by atoms with Crippen molar-refractivity contribution >= 4 is 12.6 Å². The standard InChI is InChI=1S/C24H32OS/c26-18-10-8-16-24(23-15-7-9-17-25-23,19-21-11-3-1-4-12-21)20-22-13-5-2-6-14-22/h1-6,11-14,23,26H,7-10,15-20H2. The van der Waals surface area contributed by atoms with Gasteiger partial charge in [0.1, 0.15) is 0 Å². The summed E-state index contributed by atoms with van der Waals surface area (Å²) in [6.07, 6.45) is 9.87. The van der Waals surface area contributed by atoms with Gasteiger partial charge in [-0.2, -0.15) is 12.6 Å². The Hall–Kier alpha value is -1.25. The van der Waals surface area contributed by atoms with Crippen LogP contribution in [0.5, 0.6) is 0 Å². The van der Waals surface area contributed by atoms with Crippen LogP contribution in [0.1, 0.15) is 49.7 Å². The zero-order valence-corrected chi connectivity index (χ0v) is 16.7. The van der Waals surface area contributed by atoms with Gasteiger partial charge in [-0.15, -0.1) is 0 Å². The molecule has 3 rings (SSSR count). The van der Waals surface area contributed by atoms with E-state index in [1.807, 2.05) is 0 Å². The van der Waals surface area contributed by atoms with Crippen molar-refractivity contribution in [3.05, 3.63) is 71.8 Å². The van der Waals surface area contributed by atoms with Gasteiger partial charge in [-0.05, 0) is 61.8 Å². The molecule has 2 aromatic carbocycles. The van der Waals surface area contributed by atoms with Crippen LogP contribution >= 0.6 is 12.6 Å². The number of hydrogen-bond acceptors (Lipinski definition) is 2. The molecule has 0 amide bonds. The molecule has 0 spiro atoms. The summed E-state index contributed by atoms with van der Waals surface area (Å²) in [6.45, 7) is 0.919. The maximum atomic E-state index is 6.40. The van der Waals surface area contributed by atoms with Crippen LogP contribution in [-0.2, 0) is 17.6 Å². The second-order valence-corrected chi connectivity index (χ2v) is 8.17. The monoisotopic (exact) mass is 368 g/mol. The Labute approximate surface area is 164 Å². The molecule has 1 fully saturated rings. The van der Waals surface area contributed by atoms with E-state index in [9.17, 15) is 0 Å². The van der Waals surface area contributed by atoms with Crippen molar-refractivity contribution in [3.8, 4) is 0 Å². The smallest absolute Gasteiger partial charge is 0.0637 e. The summed E-state index contributed by atoms with van der Waals surface area (Å²) in [4.78, 5) is 0. The first kappa shape index (κ1) is 19.5. The highest BCUT2D eigenvalue weighted by Crippen LogP contribution is 2.42. The SMILES string of the molecule is SCCCCC(Cc1ccccc1)(Cc1ccccc1)C1CCCCO1. The van der Waals surface area contributed by atoms with Gasteiger partial charge in [0.05, 0.1) is 6.10 Å². The Morgan fingerprint density at radius 3 is 1.96 bits per heavy atom. The molecule has 1 aliphatic rings. The van der Waals surface area contributed by atoms with E-state index in [0.717, 1.165) is 25.2 Å². The van der Waals surface area contributed by atoms with E-state index in [4.69, 9.17) is 4.74 Å². The first-order valence-electron chi connectivity index (χ1n) is 10.1. The molecule has 140 valence electrons. The molecular weight excluding hydrogens is 336 g/mol. The van der Waals surface area contributed by atoms with Crippen molar-refractivity contribution in [2.45, 2.75) is 57.5 Å². The van der Waals surface area contributed by atoms with Crippen LogP contribution in [-0.4, -0.2) is 18.5 Å². The number of benzene rings is 2.